The van der Waals surface area contributed by atoms with Gasteiger partial charge in [0.25, 0.3) is 0 Å². The SMILES string of the molecule is Cc1noc(CN2CCN(C3CCNC3)CC2)n1.Cl. The summed E-state index contributed by atoms with van der Waals surface area (Å²) >= 11 is 0. The van der Waals surface area contributed by atoms with Gasteiger partial charge in [-0.25, -0.2) is 0 Å². The van der Waals surface area contributed by atoms with Crippen molar-refractivity contribution in [3.8, 4) is 0 Å². The molecule has 6 nitrogen and oxygen atoms in total. The largest absolute Gasteiger partial charge is 0.338 e. The number of nitrogens with one attached hydrogen (secondary N) is 1. The van der Waals surface area contributed by atoms with E-state index in [0.717, 1.165) is 57.0 Å². The lowest BCUT2D eigenvalue weighted by Gasteiger charge is -2.37. The summed E-state index contributed by atoms with van der Waals surface area (Å²) in [5, 5.41) is 7.26. The monoisotopic (exact) mass is 287 g/mol. The highest BCUT2D eigenvalue weighted by atomic mass is 35.5. The molecule has 0 saturated carbocycles. The summed E-state index contributed by atoms with van der Waals surface area (Å²) in [6.45, 7) is 9.47. The molecule has 0 amide bonds. The van der Waals surface area contributed by atoms with Crippen molar-refractivity contribution in [1.82, 2.24) is 25.3 Å². The molecule has 3 rings (SSSR count). The maximum atomic E-state index is 5.17. The maximum absolute atomic E-state index is 5.17. The summed E-state index contributed by atoms with van der Waals surface area (Å²) in [7, 11) is 0. The van der Waals surface area contributed by atoms with E-state index in [0.29, 0.717) is 0 Å². The summed E-state index contributed by atoms with van der Waals surface area (Å²) < 4.78 is 5.17. The standard InChI is InChI=1S/C12H21N5O.ClH/c1-10-14-12(18-15-10)9-16-4-6-17(7-5-16)11-2-3-13-8-11;/h11,13H,2-9H2,1H3;1H. The third-order valence-electron chi connectivity index (χ3n) is 3.89. The van der Waals surface area contributed by atoms with Crippen LogP contribution in [0.15, 0.2) is 4.52 Å². The van der Waals surface area contributed by atoms with Crippen molar-refractivity contribution >= 4 is 12.4 Å². The van der Waals surface area contributed by atoms with Crippen LogP contribution in [0.1, 0.15) is 18.1 Å². The van der Waals surface area contributed by atoms with Crippen molar-refractivity contribution in [3.63, 3.8) is 0 Å². The molecule has 3 heterocycles. The van der Waals surface area contributed by atoms with Gasteiger partial charge in [-0.2, -0.15) is 4.98 Å². The third-order valence-corrected chi connectivity index (χ3v) is 3.89. The Kier molecular flexibility index (Phi) is 5.15. The lowest BCUT2D eigenvalue weighted by Crippen LogP contribution is -2.50. The molecule has 2 saturated heterocycles. The number of piperazine rings is 1. The Bertz CT molecular complexity index is 385. The number of hydrogen-bond acceptors (Lipinski definition) is 6. The van der Waals surface area contributed by atoms with Crippen LogP contribution in [0.2, 0.25) is 0 Å². The topological polar surface area (TPSA) is 57.4 Å². The van der Waals surface area contributed by atoms with Crippen LogP contribution >= 0.6 is 12.4 Å². The first-order chi connectivity index (χ1) is 8.81. The lowest BCUT2D eigenvalue weighted by molar-refractivity contribution is 0.0908. The van der Waals surface area contributed by atoms with Gasteiger partial charge in [0.1, 0.15) is 0 Å². The van der Waals surface area contributed by atoms with E-state index >= 15 is 0 Å². The molecule has 2 aliphatic rings. The first-order valence-electron chi connectivity index (χ1n) is 6.77. The van der Waals surface area contributed by atoms with Gasteiger partial charge in [-0.05, 0) is 19.9 Å². The number of aromatic nitrogens is 2. The van der Waals surface area contributed by atoms with Crippen molar-refractivity contribution < 1.29 is 4.52 Å². The predicted molar refractivity (Wildman–Crippen MR) is 74.4 cm³/mol. The zero-order chi connectivity index (χ0) is 12.4. The summed E-state index contributed by atoms with van der Waals surface area (Å²) in [4.78, 5) is 9.26. The first kappa shape index (κ1) is 14.7. The van der Waals surface area contributed by atoms with Crippen LogP contribution < -0.4 is 5.32 Å². The Hall–Kier alpha value is -0.690. The van der Waals surface area contributed by atoms with Crippen molar-refractivity contribution in [1.29, 1.82) is 0 Å². The van der Waals surface area contributed by atoms with Crippen LogP contribution in [-0.2, 0) is 6.54 Å². The zero-order valence-electron chi connectivity index (χ0n) is 11.3. The van der Waals surface area contributed by atoms with Gasteiger partial charge in [-0.3, -0.25) is 9.80 Å². The van der Waals surface area contributed by atoms with E-state index in [1.807, 2.05) is 6.92 Å². The normalized spacial score (nSPS) is 25.4. The van der Waals surface area contributed by atoms with E-state index in [-0.39, 0.29) is 12.4 Å². The minimum Gasteiger partial charge on any atom is -0.338 e. The Morgan fingerprint density at radius 1 is 1.32 bits per heavy atom. The highest BCUT2D eigenvalue weighted by Crippen LogP contribution is 2.13. The molecule has 1 N–H and O–H groups in total. The van der Waals surface area contributed by atoms with Crippen LogP contribution in [0, 0.1) is 6.92 Å². The van der Waals surface area contributed by atoms with Gasteiger partial charge in [0, 0.05) is 38.8 Å². The Labute approximate surface area is 119 Å². The molecule has 7 heteroatoms. The number of hydrogen-bond donors (Lipinski definition) is 1. The van der Waals surface area contributed by atoms with E-state index in [1.54, 1.807) is 0 Å². The minimum absolute atomic E-state index is 0. The molecule has 19 heavy (non-hydrogen) atoms. The summed E-state index contributed by atoms with van der Waals surface area (Å²) in [6.07, 6.45) is 1.29. The molecule has 0 aliphatic carbocycles. The fraction of sp³-hybridized carbons (Fsp3) is 0.833. The van der Waals surface area contributed by atoms with Gasteiger partial charge in [0.15, 0.2) is 5.82 Å². The molecule has 2 fully saturated rings. The van der Waals surface area contributed by atoms with Gasteiger partial charge in [0.05, 0.1) is 6.54 Å². The lowest BCUT2D eigenvalue weighted by atomic mass is 10.2. The fourth-order valence-corrected chi connectivity index (χ4v) is 2.83. The van der Waals surface area contributed by atoms with Crippen molar-refractivity contribution in [2.75, 3.05) is 39.3 Å². The van der Waals surface area contributed by atoms with Crippen LogP contribution in [0.5, 0.6) is 0 Å². The highest BCUT2D eigenvalue weighted by Gasteiger charge is 2.26. The van der Waals surface area contributed by atoms with Crippen molar-refractivity contribution in [2.45, 2.75) is 25.9 Å². The number of rotatable bonds is 3. The number of halogens is 1. The van der Waals surface area contributed by atoms with Gasteiger partial charge in [-0.15, -0.1) is 12.4 Å². The zero-order valence-corrected chi connectivity index (χ0v) is 12.2. The smallest absolute Gasteiger partial charge is 0.240 e. The molecule has 108 valence electrons. The quantitative estimate of drug-likeness (QED) is 0.862. The molecule has 1 atom stereocenters. The maximum Gasteiger partial charge on any atom is 0.240 e. The molecular formula is C12H22ClN5O. The third kappa shape index (κ3) is 3.66. The molecule has 1 unspecified atom stereocenters. The van der Waals surface area contributed by atoms with Gasteiger partial charge < -0.3 is 9.84 Å². The van der Waals surface area contributed by atoms with E-state index in [1.165, 1.54) is 13.0 Å². The summed E-state index contributed by atoms with van der Waals surface area (Å²) in [5.74, 6) is 1.46. The molecule has 0 spiro atoms. The van der Waals surface area contributed by atoms with E-state index in [4.69, 9.17) is 4.52 Å². The fourth-order valence-electron chi connectivity index (χ4n) is 2.83. The number of nitrogens with zero attached hydrogens (tertiary/aromatic N) is 4. The van der Waals surface area contributed by atoms with E-state index < -0.39 is 0 Å². The summed E-state index contributed by atoms with van der Waals surface area (Å²) in [5.41, 5.74) is 0. The van der Waals surface area contributed by atoms with Gasteiger partial charge >= 0.3 is 0 Å². The Balaban J connectivity index is 0.00000133. The second-order valence-electron chi connectivity index (χ2n) is 5.19. The predicted octanol–water partition coefficient (Wildman–Crippen LogP) is 0.279. The molecule has 1 aromatic rings. The average Bonchev–Trinajstić information content (AvgIpc) is 3.02. The van der Waals surface area contributed by atoms with Crippen molar-refractivity contribution in [2.24, 2.45) is 0 Å². The van der Waals surface area contributed by atoms with Gasteiger partial charge in [0.2, 0.25) is 5.89 Å². The average molecular weight is 288 g/mol. The van der Waals surface area contributed by atoms with Gasteiger partial charge in [-0.1, -0.05) is 5.16 Å². The highest BCUT2D eigenvalue weighted by molar-refractivity contribution is 5.85. The number of aryl methyl sites for hydroxylation is 1. The van der Waals surface area contributed by atoms with Crippen molar-refractivity contribution in [3.05, 3.63) is 11.7 Å². The second kappa shape index (κ2) is 6.65. The second-order valence-corrected chi connectivity index (χ2v) is 5.19. The van der Waals surface area contributed by atoms with Crippen LogP contribution in [0.3, 0.4) is 0 Å². The molecule has 2 aliphatic heterocycles. The van der Waals surface area contributed by atoms with Crippen LogP contribution in [0.25, 0.3) is 0 Å². The molecular weight excluding hydrogens is 266 g/mol. The first-order valence-corrected chi connectivity index (χ1v) is 6.77. The minimum atomic E-state index is 0. The van der Waals surface area contributed by atoms with E-state index in [9.17, 15) is 0 Å². The van der Waals surface area contributed by atoms with E-state index in [2.05, 4.69) is 25.3 Å². The van der Waals surface area contributed by atoms with Crippen LogP contribution in [0.4, 0.5) is 0 Å². The molecule has 0 radical (unpaired) electrons. The van der Waals surface area contributed by atoms with Crippen LogP contribution in [-0.4, -0.2) is 65.3 Å². The Morgan fingerprint density at radius 3 is 2.68 bits per heavy atom. The molecule has 1 aromatic heterocycles. The summed E-state index contributed by atoms with van der Waals surface area (Å²) in [6, 6.07) is 0.748. The molecule has 0 bridgehead atoms. The molecule has 0 aromatic carbocycles. The Morgan fingerprint density at radius 2 is 2.11 bits per heavy atom.